The molecule has 2 saturated heterocycles. The Labute approximate surface area is 139 Å². The molecule has 0 radical (unpaired) electrons. The minimum Gasteiger partial charge on any atom is -0.346 e. The van der Waals surface area contributed by atoms with Gasteiger partial charge in [0.25, 0.3) is 0 Å². The molecule has 23 heavy (non-hydrogen) atoms. The molecule has 2 aliphatic heterocycles. The summed E-state index contributed by atoms with van der Waals surface area (Å²) < 4.78 is 13.7. The Balaban J connectivity index is 1.51. The number of halogens is 2. The zero-order chi connectivity index (χ0) is 16.4. The number of fused-ring (bicyclic) bond motifs is 1. The topological polar surface area (TPSA) is 52.7 Å². The lowest BCUT2D eigenvalue weighted by atomic mass is 10.1. The van der Waals surface area contributed by atoms with Crippen molar-refractivity contribution < 1.29 is 14.0 Å². The van der Waals surface area contributed by atoms with E-state index < -0.39 is 11.8 Å². The SMILES string of the molecule is O=C1NC[C@H]2CN(CCCc3c(F)cccc3Cl)CCN2C1=O. The maximum absolute atomic E-state index is 13.7. The van der Waals surface area contributed by atoms with Crippen LogP contribution in [0, 0.1) is 5.82 Å². The summed E-state index contributed by atoms with van der Waals surface area (Å²) in [6.45, 7) is 3.35. The van der Waals surface area contributed by atoms with Gasteiger partial charge in [-0.1, -0.05) is 17.7 Å². The lowest BCUT2D eigenvalue weighted by molar-refractivity contribution is -0.152. The quantitative estimate of drug-likeness (QED) is 0.834. The molecule has 0 aliphatic carbocycles. The van der Waals surface area contributed by atoms with E-state index in [-0.39, 0.29) is 11.9 Å². The van der Waals surface area contributed by atoms with E-state index in [2.05, 4.69) is 10.2 Å². The maximum atomic E-state index is 13.7. The van der Waals surface area contributed by atoms with Gasteiger partial charge < -0.3 is 10.2 Å². The highest BCUT2D eigenvalue weighted by molar-refractivity contribution is 6.35. The third-order valence-corrected chi connectivity index (χ3v) is 4.84. The van der Waals surface area contributed by atoms with Gasteiger partial charge >= 0.3 is 11.8 Å². The first kappa shape index (κ1) is 16.2. The van der Waals surface area contributed by atoms with Crippen molar-refractivity contribution in [2.75, 3.05) is 32.7 Å². The second-order valence-corrected chi connectivity index (χ2v) is 6.37. The number of nitrogens with one attached hydrogen (secondary N) is 1. The molecule has 2 heterocycles. The molecule has 0 bridgehead atoms. The van der Waals surface area contributed by atoms with E-state index in [4.69, 9.17) is 11.6 Å². The average molecular weight is 340 g/mol. The molecule has 3 rings (SSSR count). The van der Waals surface area contributed by atoms with Crippen LogP contribution in [-0.2, 0) is 16.0 Å². The summed E-state index contributed by atoms with van der Waals surface area (Å²) in [5.74, 6) is -1.20. The van der Waals surface area contributed by atoms with Crippen LogP contribution >= 0.6 is 11.6 Å². The Hall–Kier alpha value is -1.66. The number of hydrogen-bond donors (Lipinski definition) is 1. The predicted octanol–water partition coefficient (Wildman–Crippen LogP) is 1.05. The van der Waals surface area contributed by atoms with E-state index in [0.29, 0.717) is 30.1 Å². The predicted molar refractivity (Wildman–Crippen MR) is 84.7 cm³/mol. The van der Waals surface area contributed by atoms with E-state index in [1.165, 1.54) is 6.07 Å². The summed E-state index contributed by atoms with van der Waals surface area (Å²) in [5.41, 5.74) is 0.563. The second kappa shape index (κ2) is 6.84. The zero-order valence-corrected chi connectivity index (χ0v) is 13.5. The van der Waals surface area contributed by atoms with Gasteiger partial charge in [-0.3, -0.25) is 14.5 Å². The van der Waals surface area contributed by atoms with Gasteiger partial charge in [0, 0.05) is 36.8 Å². The molecule has 0 saturated carbocycles. The molecular weight excluding hydrogens is 321 g/mol. The smallest absolute Gasteiger partial charge is 0.312 e. The van der Waals surface area contributed by atoms with Crippen molar-refractivity contribution in [2.24, 2.45) is 0 Å². The lowest BCUT2D eigenvalue weighted by Gasteiger charge is -2.43. The molecule has 2 aliphatic rings. The second-order valence-electron chi connectivity index (χ2n) is 5.97. The summed E-state index contributed by atoms with van der Waals surface area (Å²) >= 11 is 6.03. The van der Waals surface area contributed by atoms with Gasteiger partial charge in [0.2, 0.25) is 0 Å². The van der Waals surface area contributed by atoms with E-state index in [1.807, 2.05) is 0 Å². The van der Waals surface area contributed by atoms with Crippen LogP contribution in [0.15, 0.2) is 18.2 Å². The van der Waals surface area contributed by atoms with Crippen LogP contribution in [0.5, 0.6) is 0 Å². The van der Waals surface area contributed by atoms with Crippen molar-refractivity contribution in [1.29, 1.82) is 0 Å². The summed E-state index contributed by atoms with van der Waals surface area (Å²) in [5, 5.41) is 3.09. The van der Waals surface area contributed by atoms with Crippen molar-refractivity contribution in [3.63, 3.8) is 0 Å². The number of benzene rings is 1. The Morgan fingerprint density at radius 1 is 1.30 bits per heavy atom. The van der Waals surface area contributed by atoms with Crippen molar-refractivity contribution in [1.82, 2.24) is 15.1 Å². The number of carbonyl (C=O) groups is 2. The van der Waals surface area contributed by atoms with Gasteiger partial charge in [0.05, 0.1) is 6.04 Å². The first-order valence-corrected chi connectivity index (χ1v) is 8.18. The summed E-state index contributed by atoms with van der Waals surface area (Å²) in [6.07, 6.45) is 1.39. The average Bonchev–Trinajstić information content (AvgIpc) is 2.54. The third kappa shape index (κ3) is 3.48. The van der Waals surface area contributed by atoms with Gasteiger partial charge in [-0.2, -0.15) is 0 Å². The highest BCUT2D eigenvalue weighted by atomic mass is 35.5. The first-order valence-electron chi connectivity index (χ1n) is 7.80. The Morgan fingerprint density at radius 2 is 2.13 bits per heavy atom. The van der Waals surface area contributed by atoms with Gasteiger partial charge in [-0.05, 0) is 31.5 Å². The van der Waals surface area contributed by atoms with Crippen molar-refractivity contribution in [2.45, 2.75) is 18.9 Å². The van der Waals surface area contributed by atoms with E-state index in [0.717, 1.165) is 26.1 Å². The van der Waals surface area contributed by atoms with Gasteiger partial charge in [-0.25, -0.2) is 4.39 Å². The van der Waals surface area contributed by atoms with E-state index >= 15 is 0 Å². The number of rotatable bonds is 4. The molecule has 7 heteroatoms. The summed E-state index contributed by atoms with van der Waals surface area (Å²) in [6, 6.07) is 4.77. The third-order valence-electron chi connectivity index (χ3n) is 4.48. The molecule has 1 N–H and O–H groups in total. The number of hydrogen-bond acceptors (Lipinski definition) is 3. The van der Waals surface area contributed by atoms with Crippen LogP contribution in [0.2, 0.25) is 5.02 Å². The number of nitrogens with zero attached hydrogens (tertiary/aromatic N) is 2. The molecular formula is C16H19ClFN3O2. The van der Waals surface area contributed by atoms with Gasteiger partial charge in [0.1, 0.15) is 5.82 Å². The fraction of sp³-hybridized carbons (Fsp3) is 0.500. The number of carbonyl (C=O) groups excluding carboxylic acids is 2. The fourth-order valence-electron chi connectivity index (χ4n) is 3.23. The zero-order valence-electron chi connectivity index (χ0n) is 12.7. The maximum Gasteiger partial charge on any atom is 0.312 e. The Kier molecular flexibility index (Phi) is 4.82. The van der Waals surface area contributed by atoms with Crippen LogP contribution < -0.4 is 5.32 Å². The van der Waals surface area contributed by atoms with Gasteiger partial charge in [0.15, 0.2) is 0 Å². The number of amides is 2. The minimum atomic E-state index is -0.510. The molecule has 124 valence electrons. The summed E-state index contributed by atoms with van der Waals surface area (Å²) in [7, 11) is 0. The van der Waals surface area contributed by atoms with Crippen LogP contribution in [0.1, 0.15) is 12.0 Å². The highest BCUT2D eigenvalue weighted by Gasteiger charge is 2.37. The standard InChI is InChI=1S/C16H19ClFN3O2/c17-13-4-1-5-14(18)12(13)3-2-6-20-7-8-21-11(10-20)9-19-15(22)16(21)23/h1,4-5,11H,2-3,6-10H2,(H,19,22)/t11-/m0/s1. The van der Waals surface area contributed by atoms with Crippen molar-refractivity contribution in [3.05, 3.63) is 34.6 Å². The Bertz CT molecular complexity index is 605. The van der Waals surface area contributed by atoms with Crippen LogP contribution in [-0.4, -0.2) is 60.4 Å². The van der Waals surface area contributed by atoms with Crippen LogP contribution in [0.25, 0.3) is 0 Å². The molecule has 2 fully saturated rings. The largest absolute Gasteiger partial charge is 0.346 e. The van der Waals surface area contributed by atoms with Gasteiger partial charge in [-0.15, -0.1) is 0 Å². The highest BCUT2D eigenvalue weighted by Crippen LogP contribution is 2.21. The van der Waals surface area contributed by atoms with Crippen molar-refractivity contribution >= 4 is 23.4 Å². The molecule has 0 aromatic heterocycles. The molecule has 5 nitrogen and oxygen atoms in total. The number of piperazine rings is 2. The monoisotopic (exact) mass is 339 g/mol. The molecule has 2 amide bonds. The van der Waals surface area contributed by atoms with E-state index in [1.54, 1.807) is 17.0 Å². The molecule has 0 spiro atoms. The van der Waals surface area contributed by atoms with Crippen molar-refractivity contribution in [3.8, 4) is 0 Å². The van der Waals surface area contributed by atoms with E-state index in [9.17, 15) is 14.0 Å². The van der Waals surface area contributed by atoms with Crippen LogP contribution in [0.4, 0.5) is 4.39 Å². The Morgan fingerprint density at radius 3 is 2.91 bits per heavy atom. The summed E-state index contributed by atoms with van der Waals surface area (Å²) in [4.78, 5) is 27.0. The molecule has 1 atom stereocenters. The first-order chi connectivity index (χ1) is 11.1. The fourth-order valence-corrected chi connectivity index (χ4v) is 3.49. The normalized spacial score (nSPS) is 22.0. The lowest BCUT2D eigenvalue weighted by Crippen LogP contribution is -2.65. The molecule has 0 unspecified atom stereocenters. The van der Waals surface area contributed by atoms with Crippen LogP contribution in [0.3, 0.4) is 0 Å². The molecule has 1 aromatic rings. The minimum absolute atomic E-state index is 0.0333. The molecule has 1 aromatic carbocycles.